The minimum atomic E-state index is 0.644. The number of nitrogens with zero attached hydrogens (tertiary/aromatic N) is 1. The van der Waals surface area contributed by atoms with E-state index in [-0.39, 0.29) is 0 Å². The summed E-state index contributed by atoms with van der Waals surface area (Å²) in [5.41, 5.74) is 0. The molecule has 2 saturated heterocycles. The van der Waals surface area contributed by atoms with Gasteiger partial charge < -0.3 is 10.1 Å². The predicted octanol–water partition coefficient (Wildman–Crippen LogP) is 1.63. The second-order valence-electron chi connectivity index (χ2n) is 6.02. The molecule has 1 saturated carbocycles. The van der Waals surface area contributed by atoms with E-state index < -0.39 is 0 Å². The van der Waals surface area contributed by atoms with Crippen molar-refractivity contribution in [2.45, 2.75) is 57.2 Å². The van der Waals surface area contributed by atoms with Gasteiger partial charge in [0.25, 0.3) is 0 Å². The maximum Gasteiger partial charge on any atom is 0.0637 e. The third-order valence-electron chi connectivity index (χ3n) is 4.86. The number of nitrogens with one attached hydrogen (secondary N) is 1. The van der Waals surface area contributed by atoms with Crippen LogP contribution in [0.5, 0.6) is 0 Å². The molecule has 1 N–H and O–H groups in total. The van der Waals surface area contributed by atoms with Gasteiger partial charge in [-0.3, -0.25) is 4.90 Å². The molecule has 2 aliphatic heterocycles. The highest BCUT2D eigenvalue weighted by atomic mass is 16.5. The van der Waals surface area contributed by atoms with Crippen molar-refractivity contribution in [2.24, 2.45) is 5.92 Å². The normalized spacial score (nSPS) is 42.2. The molecule has 0 aromatic heterocycles. The number of rotatable bonds is 4. The average Bonchev–Trinajstić information content (AvgIpc) is 2.99. The van der Waals surface area contributed by atoms with Crippen molar-refractivity contribution in [3.8, 4) is 0 Å². The van der Waals surface area contributed by atoms with Crippen LogP contribution in [0.25, 0.3) is 0 Å². The highest BCUT2D eigenvalue weighted by molar-refractivity contribution is 4.99. The number of likely N-dealkylation sites (tertiary alicyclic amines) is 1. The molecular formula is C14H26N2O. The summed E-state index contributed by atoms with van der Waals surface area (Å²) in [7, 11) is 0. The van der Waals surface area contributed by atoms with Gasteiger partial charge >= 0.3 is 0 Å². The third-order valence-corrected chi connectivity index (χ3v) is 4.86. The molecular weight excluding hydrogens is 212 g/mol. The van der Waals surface area contributed by atoms with Crippen molar-refractivity contribution in [2.75, 3.05) is 26.3 Å². The second kappa shape index (κ2) is 5.25. The van der Waals surface area contributed by atoms with E-state index in [4.69, 9.17) is 4.74 Å². The van der Waals surface area contributed by atoms with Crippen LogP contribution in [0.4, 0.5) is 0 Å². The van der Waals surface area contributed by atoms with Crippen LogP contribution >= 0.6 is 0 Å². The Morgan fingerprint density at radius 2 is 2.24 bits per heavy atom. The number of hydrogen-bond donors (Lipinski definition) is 1. The lowest BCUT2D eigenvalue weighted by Crippen LogP contribution is -2.57. The van der Waals surface area contributed by atoms with Gasteiger partial charge in [0.2, 0.25) is 0 Å². The Kier molecular flexibility index (Phi) is 3.69. The zero-order valence-corrected chi connectivity index (χ0v) is 11.0. The Morgan fingerprint density at radius 1 is 1.29 bits per heavy atom. The van der Waals surface area contributed by atoms with Crippen LogP contribution in [0.1, 0.15) is 39.0 Å². The minimum Gasteiger partial charge on any atom is -0.380 e. The molecule has 1 aliphatic carbocycles. The molecule has 98 valence electrons. The molecule has 4 unspecified atom stereocenters. The number of hydrogen-bond acceptors (Lipinski definition) is 3. The van der Waals surface area contributed by atoms with Crippen LogP contribution in [0, 0.1) is 5.92 Å². The summed E-state index contributed by atoms with van der Waals surface area (Å²) in [6.07, 6.45) is 6.79. The van der Waals surface area contributed by atoms with Crippen molar-refractivity contribution in [1.82, 2.24) is 10.2 Å². The Balaban J connectivity index is 1.62. The highest BCUT2D eigenvalue weighted by Gasteiger charge is 2.43. The summed E-state index contributed by atoms with van der Waals surface area (Å²) in [4.78, 5) is 2.76. The lowest BCUT2D eigenvalue weighted by Gasteiger charge is -2.42. The maximum absolute atomic E-state index is 5.73. The number of fused-ring (bicyclic) bond motifs is 2. The van der Waals surface area contributed by atoms with E-state index in [1.165, 1.54) is 38.6 Å². The van der Waals surface area contributed by atoms with E-state index in [2.05, 4.69) is 17.1 Å². The molecule has 4 atom stereocenters. The first kappa shape index (κ1) is 11.9. The van der Waals surface area contributed by atoms with Crippen LogP contribution in [0.15, 0.2) is 0 Å². The SMILES string of the molecule is CCCNC1CCOCC1N1CC2CCC1C2. The molecule has 3 rings (SSSR count). The van der Waals surface area contributed by atoms with Gasteiger partial charge in [-0.2, -0.15) is 0 Å². The summed E-state index contributed by atoms with van der Waals surface area (Å²) in [5, 5.41) is 3.74. The fraction of sp³-hybridized carbons (Fsp3) is 1.00. The molecule has 0 amide bonds. The molecule has 17 heavy (non-hydrogen) atoms. The fourth-order valence-electron chi connectivity index (χ4n) is 3.99. The zero-order chi connectivity index (χ0) is 11.7. The molecule has 0 aromatic carbocycles. The standard InChI is InChI=1S/C14H26N2O/c1-2-6-15-13-5-7-17-10-14(13)16-9-11-3-4-12(16)8-11/h11-15H,2-10H2,1H3. The van der Waals surface area contributed by atoms with E-state index in [0.29, 0.717) is 12.1 Å². The van der Waals surface area contributed by atoms with Crippen molar-refractivity contribution in [3.05, 3.63) is 0 Å². The van der Waals surface area contributed by atoms with Gasteiger partial charge in [0, 0.05) is 31.3 Å². The molecule has 3 nitrogen and oxygen atoms in total. The lowest BCUT2D eigenvalue weighted by molar-refractivity contribution is -0.0142. The fourth-order valence-corrected chi connectivity index (χ4v) is 3.99. The van der Waals surface area contributed by atoms with Gasteiger partial charge in [0.15, 0.2) is 0 Å². The quantitative estimate of drug-likeness (QED) is 0.805. The summed E-state index contributed by atoms with van der Waals surface area (Å²) in [6.45, 7) is 6.63. The van der Waals surface area contributed by atoms with E-state index in [0.717, 1.165) is 31.7 Å². The molecule has 2 heterocycles. The zero-order valence-electron chi connectivity index (χ0n) is 11.0. The van der Waals surface area contributed by atoms with E-state index in [9.17, 15) is 0 Å². The second-order valence-corrected chi connectivity index (χ2v) is 6.02. The van der Waals surface area contributed by atoms with Crippen LogP contribution < -0.4 is 5.32 Å². The minimum absolute atomic E-state index is 0.644. The Morgan fingerprint density at radius 3 is 2.94 bits per heavy atom. The summed E-state index contributed by atoms with van der Waals surface area (Å²) in [6, 6.07) is 2.19. The average molecular weight is 238 g/mol. The largest absolute Gasteiger partial charge is 0.380 e. The molecule has 3 fully saturated rings. The van der Waals surface area contributed by atoms with Crippen molar-refractivity contribution in [1.29, 1.82) is 0 Å². The Bertz CT molecular complexity index is 259. The van der Waals surface area contributed by atoms with Gasteiger partial charge in [-0.15, -0.1) is 0 Å². The van der Waals surface area contributed by atoms with Crippen molar-refractivity contribution >= 4 is 0 Å². The molecule has 0 radical (unpaired) electrons. The van der Waals surface area contributed by atoms with E-state index in [1.807, 2.05) is 0 Å². The molecule has 3 aliphatic rings. The van der Waals surface area contributed by atoms with Gasteiger partial charge in [0.1, 0.15) is 0 Å². The highest BCUT2D eigenvalue weighted by Crippen LogP contribution is 2.39. The van der Waals surface area contributed by atoms with Gasteiger partial charge in [0.05, 0.1) is 6.61 Å². The van der Waals surface area contributed by atoms with Gasteiger partial charge in [-0.05, 0) is 44.6 Å². The first-order valence-corrected chi connectivity index (χ1v) is 7.45. The maximum atomic E-state index is 5.73. The third kappa shape index (κ3) is 2.38. The van der Waals surface area contributed by atoms with Gasteiger partial charge in [-0.1, -0.05) is 6.92 Å². The van der Waals surface area contributed by atoms with Crippen LogP contribution in [-0.4, -0.2) is 49.3 Å². The summed E-state index contributed by atoms with van der Waals surface area (Å²) in [5.74, 6) is 0.994. The first-order valence-electron chi connectivity index (χ1n) is 7.45. The molecule has 0 spiro atoms. The summed E-state index contributed by atoms with van der Waals surface area (Å²) < 4.78 is 5.73. The van der Waals surface area contributed by atoms with Crippen LogP contribution in [0.2, 0.25) is 0 Å². The number of piperidine rings is 1. The van der Waals surface area contributed by atoms with E-state index >= 15 is 0 Å². The predicted molar refractivity (Wildman–Crippen MR) is 69.1 cm³/mol. The monoisotopic (exact) mass is 238 g/mol. The van der Waals surface area contributed by atoms with E-state index in [1.54, 1.807) is 0 Å². The first-order chi connectivity index (χ1) is 8.38. The summed E-state index contributed by atoms with van der Waals surface area (Å²) >= 11 is 0. The van der Waals surface area contributed by atoms with Crippen molar-refractivity contribution in [3.63, 3.8) is 0 Å². The number of ether oxygens (including phenoxy) is 1. The van der Waals surface area contributed by atoms with Gasteiger partial charge in [-0.25, -0.2) is 0 Å². The Hall–Kier alpha value is -0.120. The van der Waals surface area contributed by atoms with Crippen LogP contribution in [0.3, 0.4) is 0 Å². The molecule has 0 aromatic rings. The van der Waals surface area contributed by atoms with Crippen LogP contribution in [-0.2, 0) is 4.74 Å². The topological polar surface area (TPSA) is 24.5 Å². The lowest BCUT2D eigenvalue weighted by atomic mass is 9.99. The van der Waals surface area contributed by atoms with Crippen molar-refractivity contribution < 1.29 is 4.74 Å². The Labute approximate surface area is 105 Å². The smallest absolute Gasteiger partial charge is 0.0637 e. The molecule has 3 heteroatoms. The molecule has 2 bridgehead atoms.